The van der Waals surface area contributed by atoms with Gasteiger partial charge in [-0.1, -0.05) is 13.0 Å². The van der Waals surface area contributed by atoms with Crippen LogP contribution in [0.5, 0.6) is 0 Å². The normalized spacial score (nSPS) is 22.1. The molecule has 3 rings (SSSR count). The number of aromatic nitrogens is 1. The summed E-state index contributed by atoms with van der Waals surface area (Å²) in [4.78, 5) is 9.88. The number of nitrogens with zero attached hydrogens (tertiary/aromatic N) is 2. The van der Waals surface area contributed by atoms with Crippen LogP contribution in [0.4, 0.5) is 0 Å². The van der Waals surface area contributed by atoms with Crippen LogP contribution in [0.3, 0.4) is 0 Å². The number of aliphatic imine (C=N–C) groups is 1. The number of rotatable bonds is 4. The fourth-order valence-corrected chi connectivity index (χ4v) is 3.52. The van der Waals surface area contributed by atoms with Crippen molar-refractivity contribution in [2.75, 3.05) is 7.05 Å². The number of oxazole rings is 1. The van der Waals surface area contributed by atoms with Gasteiger partial charge in [-0.3, -0.25) is 4.99 Å². The van der Waals surface area contributed by atoms with Crippen LogP contribution in [0.2, 0.25) is 0 Å². The Morgan fingerprint density at radius 2 is 2.22 bits per heavy atom. The van der Waals surface area contributed by atoms with E-state index in [0.29, 0.717) is 18.5 Å². The minimum Gasteiger partial charge on any atom is -0.443 e. The predicted molar refractivity (Wildman–Crippen MR) is 94.6 cm³/mol. The highest BCUT2D eigenvalue weighted by molar-refractivity contribution is 7.13. The maximum Gasteiger partial charge on any atom is 0.236 e. The highest BCUT2D eigenvalue weighted by Gasteiger charge is 2.19. The van der Waals surface area contributed by atoms with Crippen LogP contribution in [-0.2, 0) is 6.54 Å². The number of hydrogen-bond donors (Lipinski definition) is 2. The molecular weight excluding hydrogens is 308 g/mol. The van der Waals surface area contributed by atoms with E-state index in [0.717, 1.165) is 22.4 Å². The lowest BCUT2D eigenvalue weighted by Crippen LogP contribution is -2.44. The summed E-state index contributed by atoms with van der Waals surface area (Å²) in [6, 6.07) is 4.54. The van der Waals surface area contributed by atoms with Gasteiger partial charge in [0.1, 0.15) is 6.26 Å². The van der Waals surface area contributed by atoms with Gasteiger partial charge in [0, 0.05) is 13.1 Å². The van der Waals surface area contributed by atoms with E-state index in [1.807, 2.05) is 17.5 Å². The number of guanidine groups is 1. The summed E-state index contributed by atoms with van der Waals surface area (Å²) in [5.41, 5.74) is 0.883. The molecule has 2 aromatic heterocycles. The molecule has 0 radical (unpaired) electrons. The summed E-state index contributed by atoms with van der Waals surface area (Å²) in [5, 5.41) is 8.86. The maximum atomic E-state index is 5.54. The lowest BCUT2D eigenvalue weighted by Gasteiger charge is -2.28. The molecule has 23 heavy (non-hydrogen) atoms. The van der Waals surface area contributed by atoms with Gasteiger partial charge >= 0.3 is 0 Å². The van der Waals surface area contributed by atoms with E-state index in [4.69, 9.17) is 4.42 Å². The minimum atomic E-state index is 0.524. The lowest BCUT2D eigenvalue weighted by molar-refractivity contribution is 0.329. The van der Waals surface area contributed by atoms with E-state index in [1.54, 1.807) is 24.6 Å². The first kappa shape index (κ1) is 16.1. The average Bonchev–Trinajstić information content (AvgIpc) is 3.24. The molecule has 1 saturated carbocycles. The van der Waals surface area contributed by atoms with Crippen LogP contribution in [0, 0.1) is 5.92 Å². The van der Waals surface area contributed by atoms with Crippen LogP contribution in [0.15, 0.2) is 33.2 Å². The van der Waals surface area contributed by atoms with E-state index in [9.17, 15) is 0 Å². The van der Waals surface area contributed by atoms with Crippen LogP contribution in [0.1, 0.15) is 38.3 Å². The molecule has 0 bridgehead atoms. The Morgan fingerprint density at radius 1 is 1.39 bits per heavy atom. The second kappa shape index (κ2) is 7.64. The first-order valence-electron chi connectivity index (χ1n) is 8.20. The van der Waals surface area contributed by atoms with Crippen molar-refractivity contribution < 1.29 is 4.42 Å². The molecule has 6 heteroatoms. The molecule has 0 aromatic carbocycles. The second-order valence-electron chi connectivity index (χ2n) is 6.15. The molecule has 0 unspecified atom stereocenters. The third-order valence-corrected chi connectivity index (χ3v) is 5.16. The Balaban J connectivity index is 1.50. The summed E-state index contributed by atoms with van der Waals surface area (Å²) in [6.07, 6.45) is 6.73. The maximum absolute atomic E-state index is 5.54. The smallest absolute Gasteiger partial charge is 0.236 e. The standard InChI is InChI=1S/C17H24N4OS/c1-12-5-7-13(8-6-12)21-17(18-2)19-10-14-11-22-16(20-14)15-4-3-9-23-15/h3-4,9,11-13H,5-8,10H2,1-2H3,(H2,18,19,21). The summed E-state index contributed by atoms with van der Waals surface area (Å²) in [6.45, 7) is 2.94. The SMILES string of the molecule is CN=C(NCc1coc(-c2cccs2)n1)NC1CCC(C)CC1. The number of hydrogen-bond acceptors (Lipinski definition) is 4. The molecule has 1 fully saturated rings. The molecule has 1 aliphatic carbocycles. The van der Waals surface area contributed by atoms with Gasteiger partial charge in [-0.15, -0.1) is 11.3 Å². The van der Waals surface area contributed by atoms with E-state index >= 15 is 0 Å². The molecule has 0 aliphatic heterocycles. The molecule has 124 valence electrons. The zero-order valence-corrected chi connectivity index (χ0v) is 14.5. The van der Waals surface area contributed by atoms with E-state index in [2.05, 4.69) is 27.5 Å². The molecule has 0 atom stereocenters. The highest BCUT2D eigenvalue weighted by Crippen LogP contribution is 2.24. The molecule has 2 heterocycles. The van der Waals surface area contributed by atoms with Gasteiger partial charge in [-0.05, 0) is 43.0 Å². The van der Waals surface area contributed by atoms with Gasteiger partial charge in [0.2, 0.25) is 5.89 Å². The van der Waals surface area contributed by atoms with Crippen molar-refractivity contribution >= 4 is 17.3 Å². The Bertz CT molecular complexity index is 627. The molecule has 5 nitrogen and oxygen atoms in total. The zero-order chi connectivity index (χ0) is 16.1. The zero-order valence-electron chi connectivity index (χ0n) is 13.7. The third-order valence-electron chi connectivity index (χ3n) is 4.30. The van der Waals surface area contributed by atoms with Crippen molar-refractivity contribution in [2.24, 2.45) is 10.9 Å². The summed E-state index contributed by atoms with van der Waals surface area (Å²) >= 11 is 1.63. The Kier molecular flexibility index (Phi) is 5.33. The van der Waals surface area contributed by atoms with Gasteiger partial charge in [-0.2, -0.15) is 0 Å². The highest BCUT2D eigenvalue weighted by atomic mass is 32.1. The van der Waals surface area contributed by atoms with Crippen molar-refractivity contribution in [2.45, 2.75) is 45.2 Å². The fourth-order valence-electron chi connectivity index (χ4n) is 2.87. The molecular formula is C17H24N4OS. The van der Waals surface area contributed by atoms with Crippen LogP contribution >= 0.6 is 11.3 Å². The van der Waals surface area contributed by atoms with Crippen molar-refractivity contribution in [3.63, 3.8) is 0 Å². The molecule has 0 saturated heterocycles. The number of nitrogens with one attached hydrogen (secondary N) is 2. The first-order valence-corrected chi connectivity index (χ1v) is 9.08. The van der Waals surface area contributed by atoms with Crippen molar-refractivity contribution in [1.82, 2.24) is 15.6 Å². The molecule has 0 spiro atoms. The van der Waals surface area contributed by atoms with Crippen molar-refractivity contribution in [3.8, 4) is 10.8 Å². The Morgan fingerprint density at radius 3 is 2.91 bits per heavy atom. The van der Waals surface area contributed by atoms with E-state index < -0.39 is 0 Å². The van der Waals surface area contributed by atoms with Crippen LogP contribution in [-0.4, -0.2) is 24.0 Å². The molecule has 1 aliphatic rings. The van der Waals surface area contributed by atoms with Gasteiger partial charge < -0.3 is 15.1 Å². The van der Waals surface area contributed by atoms with Gasteiger partial charge in [0.05, 0.1) is 17.1 Å². The predicted octanol–water partition coefficient (Wildman–Crippen LogP) is 3.65. The van der Waals surface area contributed by atoms with Crippen molar-refractivity contribution in [1.29, 1.82) is 0 Å². The quantitative estimate of drug-likeness (QED) is 0.663. The van der Waals surface area contributed by atoms with Gasteiger partial charge in [0.25, 0.3) is 0 Å². The summed E-state index contributed by atoms with van der Waals surface area (Å²) < 4.78 is 5.54. The Hall–Kier alpha value is -1.82. The van der Waals surface area contributed by atoms with Gasteiger partial charge in [-0.25, -0.2) is 4.98 Å². The lowest BCUT2D eigenvalue weighted by atomic mass is 9.87. The monoisotopic (exact) mass is 332 g/mol. The second-order valence-corrected chi connectivity index (χ2v) is 7.10. The fraction of sp³-hybridized carbons (Fsp3) is 0.529. The van der Waals surface area contributed by atoms with Gasteiger partial charge in [0.15, 0.2) is 5.96 Å². The van der Waals surface area contributed by atoms with Crippen LogP contribution in [0.25, 0.3) is 10.8 Å². The largest absolute Gasteiger partial charge is 0.443 e. The third kappa shape index (κ3) is 4.34. The molecule has 2 N–H and O–H groups in total. The molecule has 0 amide bonds. The van der Waals surface area contributed by atoms with Crippen molar-refractivity contribution in [3.05, 3.63) is 29.5 Å². The average molecular weight is 332 g/mol. The van der Waals surface area contributed by atoms with E-state index in [-0.39, 0.29) is 0 Å². The first-order chi connectivity index (χ1) is 11.2. The van der Waals surface area contributed by atoms with Crippen LogP contribution < -0.4 is 10.6 Å². The Labute approximate surface area is 141 Å². The molecule has 2 aromatic rings. The minimum absolute atomic E-state index is 0.524. The summed E-state index contributed by atoms with van der Waals surface area (Å²) in [7, 11) is 1.81. The topological polar surface area (TPSA) is 62.5 Å². The number of thiophene rings is 1. The summed E-state index contributed by atoms with van der Waals surface area (Å²) in [5.74, 6) is 2.38. The van der Waals surface area contributed by atoms with E-state index in [1.165, 1.54) is 25.7 Å².